The number of amides is 2. The number of oxime groups is 1. The molecule has 1 saturated carbocycles. The molecular formula is C13H25N3O2. The van der Waals surface area contributed by atoms with E-state index in [1.165, 1.54) is 19.3 Å². The van der Waals surface area contributed by atoms with E-state index in [4.69, 9.17) is 5.21 Å². The SMILES string of the molecule is CC(=NO)C(C)(C)N(C)C(=O)NC1CCCCC1. The molecule has 0 bridgehead atoms. The lowest BCUT2D eigenvalue weighted by Crippen LogP contribution is -2.55. The van der Waals surface area contributed by atoms with Gasteiger partial charge in [-0.05, 0) is 33.6 Å². The summed E-state index contributed by atoms with van der Waals surface area (Å²) in [5.41, 5.74) is -0.0724. The Labute approximate surface area is 109 Å². The van der Waals surface area contributed by atoms with Gasteiger partial charge in [-0.2, -0.15) is 0 Å². The van der Waals surface area contributed by atoms with Gasteiger partial charge in [0.05, 0.1) is 11.3 Å². The Morgan fingerprint density at radius 2 is 1.89 bits per heavy atom. The first-order valence-corrected chi connectivity index (χ1v) is 6.63. The summed E-state index contributed by atoms with van der Waals surface area (Å²) in [5.74, 6) is 0. The summed E-state index contributed by atoms with van der Waals surface area (Å²) in [4.78, 5) is 13.8. The van der Waals surface area contributed by atoms with Gasteiger partial charge in [-0.25, -0.2) is 4.79 Å². The van der Waals surface area contributed by atoms with Crippen molar-refractivity contribution in [1.29, 1.82) is 0 Å². The number of nitrogens with zero attached hydrogens (tertiary/aromatic N) is 2. The minimum Gasteiger partial charge on any atom is -0.411 e. The zero-order chi connectivity index (χ0) is 13.8. The quantitative estimate of drug-likeness (QED) is 0.462. The second-order valence-corrected chi connectivity index (χ2v) is 5.59. The first-order chi connectivity index (χ1) is 8.39. The molecule has 0 saturated heterocycles. The maximum absolute atomic E-state index is 12.2. The lowest BCUT2D eigenvalue weighted by Gasteiger charge is -2.36. The summed E-state index contributed by atoms with van der Waals surface area (Å²) in [5, 5.41) is 15.1. The molecule has 0 aromatic rings. The predicted octanol–water partition coefficient (Wildman–Crippen LogP) is 2.59. The van der Waals surface area contributed by atoms with Gasteiger partial charge in [0.1, 0.15) is 0 Å². The van der Waals surface area contributed by atoms with E-state index in [9.17, 15) is 4.79 Å². The Bertz CT molecular complexity index is 320. The van der Waals surface area contributed by atoms with E-state index in [0.717, 1.165) is 12.8 Å². The number of rotatable bonds is 3. The molecule has 0 heterocycles. The molecule has 0 aromatic heterocycles. The monoisotopic (exact) mass is 255 g/mol. The van der Waals surface area contributed by atoms with E-state index in [2.05, 4.69) is 10.5 Å². The largest absolute Gasteiger partial charge is 0.411 e. The predicted molar refractivity (Wildman–Crippen MR) is 72.1 cm³/mol. The summed E-state index contributed by atoms with van der Waals surface area (Å²) in [6, 6.07) is 0.186. The second kappa shape index (κ2) is 6.07. The van der Waals surface area contributed by atoms with Crippen LogP contribution in [0.4, 0.5) is 4.79 Å². The highest BCUT2D eigenvalue weighted by molar-refractivity contribution is 5.93. The van der Waals surface area contributed by atoms with Gasteiger partial charge < -0.3 is 15.4 Å². The van der Waals surface area contributed by atoms with Crippen molar-refractivity contribution in [3.8, 4) is 0 Å². The number of hydrogen-bond donors (Lipinski definition) is 2. The van der Waals surface area contributed by atoms with E-state index in [-0.39, 0.29) is 12.1 Å². The maximum atomic E-state index is 12.2. The average molecular weight is 255 g/mol. The Hall–Kier alpha value is -1.26. The molecule has 1 rings (SSSR count). The topological polar surface area (TPSA) is 64.9 Å². The average Bonchev–Trinajstić information content (AvgIpc) is 2.37. The summed E-state index contributed by atoms with van der Waals surface area (Å²) in [7, 11) is 1.73. The van der Waals surface area contributed by atoms with Gasteiger partial charge in [0.25, 0.3) is 0 Å². The third kappa shape index (κ3) is 3.37. The molecule has 0 radical (unpaired) electrons. The number of carbonyl (C=O) groups is 1. The summed E-state index contributed by atoms with van der Waals surface area (Å²) < 4.78 is 0. The van der Waals surface area contributed by atoms with Crippen LogP contribution in [0.3, 0.4) is 0 Å². The summed E-state index contributed by atoms with van der Waals surface area (Å²) in [6.07, 6.45) is 5.77. The van der Waals surface area contributed by atoms with E-state index in [1.807, 2.05) is 13.8 Å². The number of nitrogens with one attached hydrogen (secondary N) is 1. The van der Waals surface area contributed by atoms with Crippen LogP contribution in [0.2, 0.25) is 0 Å². The molecule has 1 fully saturated rings. The van der Waals surface area contributed by atoms with E-state index in [0.29, 0.717) is 5.71 Å². The molecule has 5 nitrogen and oxygen atoms in total. The fourth-order valence-electron chi connectivity index (χ4n) is 2.14. The Morgan fingerprint density at radius 1 is 1.33 bits per heavy atom. The van der Waals surface area contributed by atoms with E-state index < -0.39 is 5.54 Å². The standard InChI is InChI=1S/C13H25N3O2/c1-10(15-18)13(2,3)16(4)12(17)14-11-8-6-5-7-9-11/h11,18H,5-9H2,1-4H3,(H,14,17). The highest BCUT2D eigenvalue weighted by atomic mass is 16.4. The number of urea groups is 1. The Balaban J connectivity index is 2.60. The van der Waals surface area contributed by atoms with Gasteiger partial charge in [0.2, 0.25) is 0 Å². The van der Waals surface area contributed by atoms with Gasteiger partial charge in [0, 0.05) is 13.1 Å². The van der Waals surface area contributed by atoms with Crippen LogP contribution in [0.15, 0.2) is 5.16 Å². The lowest BCUT2D eigenvalue weighted by molar-refractivity contribution is 0.174. The highest BCUT2D eigenvalue weighted by Crippen LogP contribution is 2.19. The molecule has 0 spiro atoms. The van der Waals surface area contributed by atoms with Crippen LogP contribution in [-0.2, 0) is 0 Å². The van der Waals surface area contributed by atoms with Crippen molar-refractivity contribution < 1.29 is 10.0 Å². The molecule has 5 heteroatoms. The molecule has 2 N–H and O–H groups in total. The Morgan fingerprint density at radius 3 is 2.39 bits per heavy atom. The van der Waals surface area contributed by atoms with Crippen molar-refractivity contribution in [2.24, 2.45) is 5.16 Å². The van der Waals surface area contributed by atoms with Crippen LogP contribution in [-0.4, -0.2) is 40.5 Å². The van der Waals surface area contributed by atoms with Crippen molar-refractivity contribution in [1.82, 2.24) is 10.2 Å². The molecular weight excluding hydrogens is 230 g/mol. The van der Waals surface area contributed by atoms with E-state index >= 15 is 0 Å². The maximum Gasteiger partial charge on any atom is 0.318 e. The Kier molecular flexibility index (Phi) is 4.99. The molecule has 0 aliphatic heterocycles. The fourth-order valence-corrected chi connectivity index (χ4v) is 2.14. The molecule has 0 atom stereocenters. The third-order valence-electron chi connectivity index (χ3n) is 4.11. The molecule has 1 aliphatic rings. The second-order valence-electron chi connectivity index (χ2n) is 5.59. The van der Waals surface area contributed by atoms with Crippen LogP contribution in [0.25, 0.3) is 0 Å². The van der Waals surface area contributed by atoms with Gasteiger partial charge >= 0.3 is 6.03 Å². The fraction of sp³-hybridized carbons (Fsp3) is 0.846. The van der Waals surface area contributed by atoms with E-state index in [1.54, 1.807) is 18.9 Å². The van der Waals surface area contributed by atoms with Crippen LogP contribution in [0.5, 0.6) is 0 Å². The van der Waals surface area contributed by atoms with Crippen LogP contribution in [0, 0.1) is 0 Å². The molecule has 18 heavy (non-hydrogen) atoms. The van der Waals surface area contributed by atoms with Gasteiger partial charge in [-0.3, -0.25) is 0 Å². The molecule has 0 aromatic carbocycles. The lowest BCUT2D eigenvalue weighted by atomic mass is 9.95. The first-order valence-electron chi connectivity index (χ1n) is 6.63. The minimum atomic E-state index is -0.590. The first kappa shape index (κ1) is 14.8. The summed E-state index contributed by atoms with van der Waals surface area (Å²) in [6.45, 7) is 5.44. The third-order valence-corrected chi connectivity index (χ3v) is 4.11. The van der Waals surface area contributed by atoms with Crippen LogP contribution < -0.4 is 5.32 Å². The van der Waals surface area contributed by atoms with Gasteiger partial charge in [-0.1, -0.05) is 24.4 Å². The zero-order valence-electron chi connectivity index (χ0n) is 11.9. The normalized spacial score (nSPS) is 18.6. The van der Waals surface area contributed by atoms with Gasteiger partial charge in [-0.15, -0.1) is 0 Å². The van der Waals surface area contributed by atoms with Crippen molar-refractivity contribution >= 4 is 11.7 Å². The van der Waals surface area contributed by atoms with Crippen molar-refractivity contribution in [2.75, 3.05) is 7.05 Å². The van der Waals surface area contributed by atoms with Crippen molar-refractivity contribution in [3.05, 3.63) is 0 Å². The molecule has 0 unspecified atom stereocenters. The smallest absolute Gasteiger partial charge is 0.318 e. The van der Waals surface area contributed by atoms with Crippen molar-refractivity contribution in [2.45, 2.75) is 64.5 Å². The van der Waals surface area contributed by atoms with Crippen molar-refractivity contribution in [3.63, 3.8) is 0 Å². The number of carbonyl (C=O) groups excluding carboxylic acids is 1. The molecule has 1 aliphatic carbocycles. The van der Waals surface area contributed by atoms with Gasteiger partial charge in [0.15, 0.2) is 0 Å². The highest BCUT2D eigenvalue weighted by Gasteiger charge is 2.32. The minimum absolute atomic E-state index is 0.102. The molecule has 104 valence electrons. The van der Waals surface area contributed by atoms with Crippen LogP contribution >= 0.6 is 0 Å². The number of hydrogen-bond acceptors (Lipinski definition) is 3. The van der Waals surface area contributed by atoms with Crippen LogP contribution in [0.1, 0.15) is 52.9 Å². The molecule has 2 amide bonds. The summed E-state index contributed by atoms with van der Waals surface area (Å²) >= 11 is 0. The zero-order valence-corrected chi connectivity index (χ0v) is 11.9.